The molecule has 2 nitrogen and oxygen atoms in total. The van der Waals surface area contributed by atoms with E-state index < -0.39 is 77.4 Å². The Morgan fingerprint density at radius 3 is 0.865 bits per heavy atom. The molecule has 0 aliphatic rings. The highest BCUT2D eigenvalue weighted by molar-refractivity contribution is 5.80. The predicted molar refractivity (Wildman–Crippen MR) is 67.4 cm³/mol. The van der Waals surface area contributed by atoms with Crippen molar-refractivity contribution in [1.29, 1.82) is 0 Å². The van der Waals surface area contributed by atoms with E-state index >= 15 is 0 Å². The van der Waals surface area contributed by atoms with Crippen molar-refractivity contribution in [2.24, 2.45) is 0 Å². The molecule has 0 aromatic carbocycles. The van der Waals surface area contributed by atoms with Crippen molar-refractivity contribution in [1.82, 2.24) is 0 Å². The van der Waals surface area contributed by atoms with Crippen molar-refractivity contribution in [2.75, 3.05) is 0 Å². The summed E-state index contributed by atoms with van der Waals surface area (Å²) in [5.41, 5.74) is 0. The Balaban J connectivity index is 7.19. The molecule has 0 amide bonds. The number of carbonyl (C=O) groups is 1. The molecule has 0 saturated carbocycles. The molecule has 0 spiro atoms. The van der Waals surface area contributed by atoms with E-state index in [0.717, 1.165) is 0 Å². The zero-order valence-electron chi connectivity index (χ0n) is 15.7. The molecule has 220 valence electrons. The van der Waals surface area contributed by atoms with Crippen LogP contribution in [0.1, 0.15) is 0 Å². The fourth-order valence-electron chi connectivity index (χ4n) is 1.91. The second kappa shape index (κ2) is 8.59. The number of halogens is 22. The largest absolute Gasteiger partial charge is 0.478 e. The highest BCUT2D eigenvalue weighted by atomic mass is 19.4. The number of hydrogen-bond donors (Lipinski definition) is 1. The summed E-state index contributed by atoms with van der Waals surface area (Å²) in [5, 5.41) is 7.86. The molecule has 0 bridgehead atoms. The Labute approximate surface area is 185 Å². The lowest BCUT2D eigenvalue weighted by Gasteiger charge is -2.44. The van der Waals surface area contributed by atoms with Gasteiger partial charge in [-0.05, 0) is 0 Å². The summed E-state index contributed by atoms with van der Waals surface area (Å²) in [6.07, 6.45) is -9.90. The number of hydrogen-bond acceptors (Lipinski definition) is 1. The van der Waals surface area contributed by atoms with Crippen molar-refractivity contribution in [2.45, 2.75) is 59.5 Å². The molecule has 24 heteroatoms. The first kappa shape index (κ1) is 34.7. The summed E-state index contributed by atoms with van der Waals surface area (Å²) in [6, 6.07) is 0. The van der Waals surface area contributed by atoms with Gasteiger partial charge in [0.1, 0.15) is 0 Å². The maximum atomic E-state index is 13.4. The first-order chi connectivity index (χ1) is 15.6. The van der Waals surface area contributed by atoms with Gasteiger partial charge >= 0.3 is 65.4 Å². The van der Waals surface area contributed by atoms with E-state index in [4.69, 9.17) is 5.11 Å². The second-order valence-corrected chi connectivity index (χ2v) is 6.50. The van der Waals surface area contributed by atoms with E-state index in [9.17, 15) is 101 Å². The summed E-state index contributed by atoms with van der Waals surface area (Å²) in [5.74, 6) is -87.5. The third-order valence-electron chi connectivity index (χ3n) is 4.06. The summed E-state index contributed by atoms with van der Waals surface area (Å²) in [7, 11) is 0. The van der Waals surface area contributed by atoms with Crippen LogP contribution in [0.3, 0.4) is 0 Å². The summed E-state index contributed by atoms with van der Waals surface area (Å²) in [6.45, 7) is 0. The van der Waals surface area contributed by atoms with Crippen LogP contribution in [0.5, 0.6) is 0 Å². The van der Waals surface area contributed by atoms with Crippen LogP contribution in [-0.4, -0.2) is 70.6 Å². The van der Waals surface area contributed by atoms with Gasteiger partial charge < -0.3 is 5.11 Å². The fraction of sp³-hybridized carbons (Fsp3) is 0.769. The van der Waals surface area contributed by atoms with Crippen molar-refractivity contribution >= 4 is 5.97 Å². The van der Waals surface area contributed by atoms with Crippen molar-refractivity contribution in [3.8, 4) is 0 Å². The minimum atomic E-state index is -9.36. The maximum Gasteiger partial charge on any atom is 0.460 e. The monoisotopic (exact) mass is 608 g/mol. The first-order valence-electron chi connectivity index (χ1n) is 7.66. The second-order valence-electron chi connectivity index (χ2n) is 6.50. The van der Waals surface area contributed by atoms with Crippen LogP contribution in [0.4, 0.5) is 96.6 Å². The molecule has 0 aromatic rings. The zero-order valence-corrected chi connectivity index (χ0v) is 15.7. The third kappa shape index (κ3) is 4.30. The van der Waals surface area contributed by atoms with E-state index in [1.165, 1.54) is 0 Å². The molecule has 0 fully saturated rings. The van der Waals surface area contributed by atoms with Gasteiger partial charge in [-0.15, -0.1) is 0 Å². The van der Waals surface area contributed by atoms with Crippen LogP contribution in [0.15, 0.2) is 11.9 Å². The Morgan fingerprint density at radius 2 is 0.649 bits per heavy atom. The lowest BCUT2D eigenvalue weighted by atomic mass is 9.86. The Bertz CT molecular complexity index is 908. The van der Waals surface area contributed by atoms with Crippen LogP contribution in [0, 0.1) is 0 Å². The fourth-order valence-corrected chi connectivity index (χ4v) is 1.91. The van der Waals surface area contributed by atoms with Crippen LogP contribution in [-0.2, 0) is 4.79 Å². The molecule has 0 radical (unpaired) electrons. The lowest BCUT2D eigenvalue weighted by molar-refractivity contribution is -0.473. The molecule has 0 unspecified atom stereocenters. The summed E-state index contributed by atoms with van der Waals surface area (Å²) < 4.78 is 286. The number of allylic oxidation sites excluding steroid dienone is 1. The first-order valence-corrected chi connectivity index (χ1v) is 7.66. The Hall–Kier alpha value is -2.33. The maximum absolute atomic E-state index is 13.4. The number of carboxylic acids is 1. The molecule has 1 N–H and O–H groups in total. The van der Waals surface area contributed by atoms with Crippen LogP contribution in [0.25, 0.3) is 0 Å². The molecule has 0 rings (SSSR count). The molecule has 0 heterocycles. The van der Waals surface area contributed by atoms with E-state index in [-0.39, 0.29) is 0 Å². The third-order valence-corrected chi connectivity index (χ3v) is 4.06. The highest BCUT2D eigenvalue weighted by Crippen LogP contribution is 2.66. The number of aliphatic carboxylic acids is 1. The minimum absolute atomic E-state index is 1.82. The standard InChI is InChI=1S/C13H2F22O2/c14-2(1-3(36)37)4(15,16)5(17,18)6(19,20)7(21,22)8(23,24)9(25,26)10(27,28)11(29,30)12(31,32)13(33,34)35/h1H,(H,36,37)/b2-1-. The molecule has 0 aliphatic heterocycles. The van der Waals surface area contributed by atoms with Gasteiger partial charge in [0.25, 0.3) is 0 Å². The van der Waals surface area contributed by atoms with Crippen LogP contribution < -0.4 is 0 Å². The Kier molecular flexibility index (Phi) is 8.05. The highest BCUT2D eigenvalue weighted by Gasteiger charge is 2.98. The lowest BCUT2D eigenvalue weighted by Crippen LogP contribution is -2.76. The molecular weight excluding hydrogens is 606 g/mol. The molecular formula is C13H2F22O2. The minimum Gasteiger partial charge on any atom is -0.478 e. The van der Waals surface area contributed by atoms with Gasteiger partial charge in [0.2, 0.25) is 0 Å². The normalized spacial score (nSPS) is 16.8. The molecule has 0 aromatic heterocycles. The smallest absolute Gasteiger partial charge is 0.460 e. The summed E-state index contributed by atoms with van der Waals surface area (Å²) in [4.78, 5) is 9.93. The average Bonchev–Trinajstić information content (AvgIpc) is 2.65. The van der Waals surface area contributed by atoms with Crippen molar-refractivity contribution < 1.29 is 106 Å². The average molecular weight is 608 g/mol. The van der Waals surface area contributed by atoms with Crippen LogP contribution in [0.2, 0.25) is 0 Å². The van der Waals surface area contributed by atoms with Crippen molar-refractivity contribution in [3.63, 3.8) is 0 Å². The molecule has 0 atom stereocenters. The van der Waals surface area contributed by atoms with Gasteiger partial charge in [0, 0.05) is 0 Å². The van der Waals surface area contributed by atoms with Gasteiger partial charge in [-0.2, -0.15) is 92.2 Å². The molecule has 0 saturated heterocycles. The predicted octanol–water partition coefficient (Wildman–Crippen LogP) is 7.20. The van der Waals surface area contributed by atoms with Crippen molar-refractivity contribution in [3.05, 3.63) is 11.9 Å². The number of carboxylic acid groups (broad SMARTS) is 1. The van der Waals surface area contributed by atoms with E-state index in [1.54, 1.807) is 0 Å². The van der Waals surface area contributed by atoms with E-state index in [0.29, 0.717) is 0 Å². The van der Waals surface area contributed by atoms with Gasteiger partial charge in [0.05, 0.1) is 6.08 Å². The van der Waals surface area contributed by atoms with E-state index in [1.807, 2.05) is 0 Å². The number of alkyl halides is 21. The molecule has 0 aliphatic carbocycles. The van der Waals surface area contributed by atoms with Gasteiger partial charge in [-0.3, -0.25) is 0 Å². The van der Waals surface area contributed by atoms with Gasteiger partial charge in [0.15, 0.2) is 5.83 Å². The van der Waals surface area contributed by atoms with Gasteiger partial charge in [-0.25, -0.2) is 9.18 Å². The van der Waals surface area contributed by atoms with E-state index in [2.05, 4.69) is 0 Å². The molecule has 37 heavy (non-hydrogen) atoms. The SMILES string of the molecule is O=C(O)/C=C(\F)C(F)(F)C(F)(F)C(F)(F)C(F)(F)C(F)(F)C(F)(F)C(F)(F)C(F)(F)C(F)(F)C(F)(F)F. The topological polar surface area (TPSA) is 37.3 Å². The van der Waals surface area contributed by atoms with Gasteiger partial charge in [-0.1, -0.05) is 0 Å². The van der Waals surface area contributed by atoms with Crippen LogP contribution >= 0.6 is 0 Å². The Morgan fingerprint density at radius 1 is 0.432 bits per heavy atom. The zero-order chi connectivity index (χ0) is 30.9. The quantitative estimate of drug-likeness (QED) is 0.211. The number of rotatable bonds is 10. The summed E-state index contributed by atoms with van der Waals surface area (Å²) >= 11 is 0.